The average molecular weight is 168 g/mol. The van der Waals surface area contributed by atoms with Gasteiger partial charge in [0.25, 0.3) is 0 Å². The fourth-order valence-corrected chi connectivity index (χ4v) is 0.626. The topological polar surface area (TPSA) is 18.5 Å². The minimum Gasteiger partial charge on any atom is -0.444 e. The highest BCUT2D eigenvalue weighted by Gasteiger charge is 2.37. The minimum atomic E-state index is -0.311. The Balaban J connectivity index is 4.17. The van der Waals surface area contributed by atoms with Crippen LogP contribution in [0.5, 0.6) is 0 Å². The first kappa shape index (κ1) is 12.0. The predicted octanol–water partition coefficient (Wildman–Crippen LogP) is 1.49. The van der Waals surface area contributed by atoms with Gasteiger partial charge in [-0.15, -0.1) is 0 Å². The van der Waals surface area contributed by atoms with Crippen molar-refractivity contribution in [1.82, 2.24) is 0 Å². The van der Waals surface area contributed by atoms with Crippen molar-refractivity contribution < 1.29 is 9.39 Å². The van der Waals surface area contributed by atoms with Crippen LogP contribution in [0.2, 0.25) is 6.82 Å². The van der Waals surface area contributed by atoms with E-state index in [0.29, 0.717) is 0 Å². The molecule has 0 N–H and O–H groups in total. The van der Waals surface area contributed by atoms with Gasteiger partial charge in [-0.3, -0.25) is 0 Å². The highest BCUT2D eigenvalue weighted by Crippen LogP contribution is 2.27. The number of methoxy groups -OCH3 is 1. The molecule has 0 amide bonds. The third-order valence-electron chi connectivity index (χ3n) is 2.46. The van der Waals surface area contributed by atoms with E-state index in [1.54, 1.807) is 14.5 Å². The first-order valence-corrected chi connectivity index (χ1v) is 4.21. The molecule has 0 saturated carbocycles. The predicted molar refractivity (Wildman–Crippen MR) is 53.6 cm³/mol. The second-order valence-corrected chi connectivity index (χ2v) is 3.81. The molecule has 12 heavy (non-hydrogen) atoms. The fourth-order valence-electron chi connectivity index (χ4n) is 0.626. The summed E-state index contributed by atoms with van der Waals surface area (Å²) >= 11 is 0. The Bertz CT molecular complexity index is 135. The monoisotopic (exact) mass is 168 g/mol. The number of rotatable bonds is 5. The van der Waals surface area contributed by atoms with Crippen molar-refractivity contribution in [2.75, 3.05) is 7.11 Å². The minimum absolute atomic E-state index is 0.285. The average Bonchev–Trinajstić information content (AvgIpc) is 2.00. The molecular weight excluding hydrogens is 150 g/mol. The van der Waals surface area contributed by atoms with Gasteiger partial charge < -0.3 is 9.39 Å². The summed E-state index contributed by atoms with van der Waals surface area (Å²) in [5, 5.41) is 0. The molecule has 0 aliphatic carbocycles. The second-order valence-electron chi connectivity index (χ2n) is 3.81. The molecule has 0 fully saturated rings. The van der Waals surface area contributed by atoms with Gasteiger partial charge in [-0.25, -0.2) is 0 Å². The van der Waals surface area contributed by atoms with Crippen LogP contribution in [-0.4, -0.2) is 32.9 Å². The fraction of sp³-hybridized carbons (Fsp3) is 1.00. The lowest BCUT2D eigenvalue weighted by atomic mass is 9.52. The molecule has 0 aliphatic rings. The largest absolute Gasteiger partial charge is 0.444 e. The Morgan fingerprint density at radius 1 is 1.00 bits per heavy atom. The van der Waals surface area contributed by atoms with Crippen molar-refractivity contribution in [3.63, 3.8) is 0 Å². The van der Waals surface area contributed by atoms with E-state index in [-0.39, 0.29) is 11.2 Å². The SMILES string of the molecule is C[B][B]OC(C)(C)C(C)(C)OC. The number of ether oxygens (including phenoxy) is 1. The van der Waals surface area contributed by atoms with Crippen molar-refractivity contribution in [1.29, 1.82) is 0 Å². The summed E-state index contributed by atoms with van der Waals surface area (Å²) in [6, 6.07) is 0. The van der Waals surface area contributed by atoms with E-state index in [2.05, 4.69) is 0 Å². The molecule has 0 heterocycles. The third-order valence-corrected chi connectivity index (χ3v) is 2.46. The number of hydrogen-bond donors (Lipinski definition) is 0. The van der Waals surface area contributed by atoms with Crippen molar-refractivity contribution in [2.24, 2.45) is 0 Å². The number of hydrogen-bond acceptors (Lipinski definition) is 2. The standard InChI is InChI=1S/C8H18B2O2/c1-7(2,11-6)8(3,4)12-10-9-5/h1-6H3. The quantitative estimate of drug-likeness (QED) is 0.578. The second kappa shape index (κ2) is 4.33. The summed E-state index contributed by atoms with van der Waals surface area (Å²) in [4.78, 5) is 0. The van der Waals surface area contributed by atoms with Crippen LogP contribution < -0.4 is 0 Å². The zero-order valence-corrected chi connectivity index (χ0v) is 8.97. The van der Waals surface area contributed by atoms with Crippen LogP contribution in [0.4, 0.5) is 0 Å². The van der Waals surface area contributed by atoms with Gasteiger partial charge in [0.1, 0.15) is 7.17 Å². The third kappa shape index (κ3) is 2.83. The molecule has 0 aliphatic heterocycles. The van der Waals surface area contributed by atoms with Gasteiger partial charge >= 0.3 is 0 Å². The molecule has 0 aromatic heterocycles. The van der Waals surface area contributed by atoms with Gasteiger partial charge in [-0.1, -0.05) is 6.82 Å². The molecule has 0 rings (SSSR count). The maximum absolute atomic E-state index is 5.53. The molecule has 0 bridgehead atoms. The molecular formula is C8H18B2O2. The Hall–Kier alpha value is 0.0499. The van der Waals surface area contributed by atoms with Crippen molar-refractivity contribution in [3.05, 3.63) is 0 Å². The van der Waals surface area contributed by atoms with Crippen molar-refractivity contribution in [3.8, 4) is 0 Å². The lowest BCUT2D eigenvalue weighted by molar-refractivity contribution is -0.113. The highest BCUT2D eigenvalue weighted by atomic mass is 16.5. The van der Waals surface area contributed by atoms with E-state index in [9.17, 15) is 0 Å². The zero-order valence-electron chi connectivity index (χ0n) is 8.97. The van der Waals surface area contributed by atoms with Crippen LogP contribution in [0, 0.1) is 0 Å². The van der Waals surface area contributed by atoms with Gasteiger partial charge in [0.05, 0.1) is 11.2 Å². The summed E-state index contributed by atoms with van der Waals surface area (Å²) < 4.78 is 10.9. The molecule has 2 nitrogen and oxygen atoms in total. The molecule has 4 heteroatoms. The smallest absolute Gasteiger partial charge is 0.241 e. The van der Waals surface area contributed by atoms with Gasteiger partial charge in [0.15, 0.2) is 0 Å². The van der Waals surface area contributed by atoms with Crippen molar-refractivity contribution >= 4 is 14.5 Å². The van der Waals surface area contributed by atoms with Gasteiger partial charge in [-0.05, 0) is 27.7 Å². The van der Waals surface area contributed by atoms with E-state index >= 15 is 0 Å². The van der Waals surface area contributed by atoms with Crippen molar-refractivity contribution in [2.45, 2.75) is 45.7 Å². The molecule has 0 aromatic rings. The maximum Gasteiger partial charge on any atom is 0.241 e. The first-order chi connectivity index (χ1) is 5.37. The summed E-state index contributed by atoms with van der Waals surface area (Å²) in [5.41, 5.74) is -0.596. The summed E-state index contributed by atoms with van der Waals surface area (Å²) in [5.74, 6) is 0. The van der Waals surface area contributed by atoms with E-state index < -0.39 is 0 Å². The first-order valence-electron chi connectivity index (χ1n) is 4.21. The lowest BCUT2D eigenvalue weighted by Gasteiger charge is -2.40. The lowest BCUT2D eigenvalue weighted by Crippen LogP contribution is -2.49. The van der Waals surface area contributed by atoms with Crippen LogP contribution in [0.3, 0.4) is 0 Å². The van der Waals surface area contributed by atoms with E-state index in [4.69, 9.17) is 9.39 Å². The normalized spacial score (nSPS) is 12.8. The van der Waals surface area contributed by atoms with Crippen LogP contribution in [-0.2, 0) is 9.39 Å². The van der Waals surface area contributed by atoms with E-state index in [1.165, 1.54) is 0 Å². The van der Waals surface area contributed by atoms with E-state index in [0.717, 1.165) is 0 Å². The summed E-state index contributed by atoms with van der Waals surface area (Å²) in [7, 11) is 5.26. The summed E-state index contributed by atoms with van der Waals surface area (Å²) in [6.45, 7) is 9.97. The van der Waals surface area contributed by atoms with Crippen LogP contribution >= 0.6 is 0 Å². The molecule has 0 saturated heterocycles. The Labute approximate surface area is 77.5 Å². The van der Waals surface area contributed by atoms with Crippen LogP contribution in [0.15, 0.2) is 0 Å². The highest BCUT2D eigenvalue weighted by molar-refractivity contribution is 6.96. The Kier molecular flexibility index (Phi) is 4.35. The Morgan fingerprint density at radius 2 is 1.50 bits per heavy atom. The maximum atomic E-state index is 5.53. The van der Waals surface area contributed by atoms with E-state index in [1.807, 2.05) is 41.7 Å². The van der Waals surface area contributed by atoms with Crippen LogP contribution in [0.1, 0.15) is 27.7 Å². The van der Waals surface area contributed by atoms with Gasteiger partial charge in [0, 0.05) is 7.11 Å². The molecule has 2 radical (unpaired) electrons. The van der Waals surface area contributed by atoms with Crippen LogP contribution in [0.25, 0.3) is 0 Å². The molecule has 0 atom stereocenters. The van der Waals surface area contributed by atoms with Gasteiger partial charge in [0.2, 0.25) is 7.37 Å². The molecule has 68 valence electrons. The molecule has 0 unspecified atom stereocenters. The zero-order chi connectivity index (χ0) is 9.83. The summed E-state index contributed by atoms with van der Waals surface area (Å²) in [6.07, 6.45) is 0. The molecule has 0 spiro atoms. The molecule has 0 aromatic carbocycles. The van der Waals surface area contributed by atoms with Gasteiger partial charge in [-0.2, -0.15) is 0 Å². The Morgan fingerprint density at radius 3 is 1.83 bits per heavy atom.